The largest absolute Gasteiger partial charge is 0.486 e. The van der Waals surface area contributed by atoms with E-state index in [2.05, 4.69) is 0 Å². The second-order valence-corrected chi connectivity index (χ2v) is 6.09. The first-order valence-corrected chi connectivity index (χ1v) is 8.44. The Hall–Kier alpha value is -3.02. The van der Waals surface area contributed by atoms with Gasteiger partial charge in [-0.3, -0.25) is 4.79 Å². The van der Waals surface area contributed by atoms with Gasteiger partial charge in [0.1, 0.15) is 13.2 Å². The van der Waals surface area contributed by atoms with E-state index in [0.717, 1.165) is 5.56 Å². The Morgan fingerprint density at radius 1 is 1.08 bits per heavy atom. The van der Waals surface area contributed by atoms with E-state index >= 15 is 0 Å². The summed E-state index contributed by atoms with van der Waals surface area (Å²) in [4.78, 5) is 26.3. The third kappa shape index (κ3) is 4.14. The van der Waals surface area contributed by atoms with E-state index in [9.17, 15) is 9.59 Å². The Labute approximate surface area is 152 Å². The molecule has 0 bridgehead atoms. The van der Waals surface area contributed by atoms with Gasteiger partial charge in [0.15, 0.2) is 17.6 Å². The Morgan fingerprint density at radius 3 is 2.50 bits per heavy atom. The normalized spacial score (nSPS) is 13.6. The number of hydrogen-bond acceptors (Lipinski definition) is 5. The van der Waals surface area contributed by atoms with Crippen molar-refractivity contribution in [3.8, 4) is 11.5 Å². The molecule has 2 aromatic rings. The summed E-state index contributed by atoms with van der Waals surface area (Å²) in [5.41, 5.74) is 1.33. The average molecular weight is 355 g/mol. The summed E-state index contributed by atoms with van der Waals surface area (Å²) in [5.74, 6) is 0.265. The average Bonchev–Trinajstić information content (AvgIpc) is 2.67. The predicted molar refractivity (Wildman–Crippen MR) is 95.2 cm³/mol. The summed E-state index contributed by atoms with van der Waals surface area (Å²) < 4.78 is 16.2. The molecule has 0 fully saturated rings. The van der Waals surface area contributed by atoms with Crippen LogP contribution < -0.4 is 9.47 Å². The molecular formula is C20H21NO5. The monoisotopic (exact) mass is 355 g/mol. The lowest BCUT2D eigenvalue weighted by atomic mass is 10.2. The van der Waals surface area contributed by atoms with Crippen LogP contribution in [0, 0.1) is 0 Å². The van der Waals surface area contributed by atoms with E-state index in [4.69, 9.17) is 14.2 Å². The molecule has 3 rings (SSSR count). The number of esters is 1. The molecule has 1 aliphatic heterocycles. The van der Waals surface area contributed by atoms with Crippen LogP contribution in [0.2, 0.25) is 0 Å². The van der Waals surface area contributed by atoms with Crippen LogP contribution >= 0.6 is 0 Å². The van der Waals surface area contributed by atoms with Crippen LogP contribution in [0.1, 0.15) is 22.8 Å². The maximum absolute atomic E-state index is 12.5. The summed E-state index contributed by atoms with van der Waals surface area (Å²) in [6.07, 6.45) is -0.885. The van der Waals surface area contributed by atoms with Crippen molar-refractivity contribution in [3.63, 3.8) is 0 Å². The van der Waals surface area contributed by atoms with Crippen LogP contribution in [-0.4, -0.2) is 43.1 Å². The number of carbonyl (C=O) groups excluding carboxylic acids is 2. The molecule has 0 aliphatic carbocycles. The quantitative estimate of drug-likeness (QED) is 0.772. The van der Waals surface area contributed by atoms with Crippen molar-refractivity contribution in [3.05, 3.63) is 59.7 Å². The number of likely N-dealkylation sites (N-methyl/N-ethyl adjacent to an activating group) is 1. The molecule has 26 heavy (non-hydrogen) atoms. The van der Waals surface area contributed by atoms with Gasteiger partial charge in [0.2, 0.25) is 0 Å². The van der Waals surface area contributed by atoms with Crippen LogP contribution in [0.25, 0.3) is 0 Å². The van der Waals surface area contributed by atoms with Crippen molar-refractivity contribution in [2.45, 2.75) is 19.6 Å². The lowest BCUT2D eigenvalue weighted by molar-refractivity contribution is -0.139. The molecular weight excluding hydrogens is 334 g/mol. The molecule has 0 aromatic heterocycles. The van der Waals surface area contributed by atoms with Crippen molar-refractivity contribution in [2.24, 2.45) is 0 Å². The highest BCUT2D eigenvalue weighted by Gasteiger charge is 2.23. The first-order valence-electron chi connectivity index (χ1n) is 8.44. The molecule has 0 spiro atoms. The minimum absolute atomic E-state index is 0.264. The lowest BCUT2D eigenvalue weighted by Crippen LogP contribution is -2.37. The Morgan fingerprint density at radius 2 is 1.77 bits per heavy atom. The van der Waals surface area contributed by atoms with E-state index in [1.165, 1.54) is 4.90 Å². The zero-order valence-electron chi connectivity index (χ0n) is 14.8. The second-order valence-electron chi connectivity index (χ2n) is 6.09. The van der Waals surface area contributed by atoms with Gasteiger partial charge in [-0.1, -0.05) is 30.3 Å². The molecule has 6 nitrogen and oxygen atoms in total. The van der Waals surface area contributed by atoms with Gasteiger partial charge in [-0.25, -0.2) is 4.79 Å². The van der Waals surface area contributed by atoms with E-state index in [1.807, 2.05) is 30.3 Å². The van der Waals surface area contributed by atoms with E-state index in [0.29, 0.717) is 36.8 Å². The minimum Gasteiger partial charge on any atom is -0.486 e. The highest BCUT2D eigenvalue weighted by atomic mass is 16.6. The van der Waals surface area contributed by atoms with Gasteiger partial charge in [-0.2, -0.15) is 0 Å². The first kappa shape index (κ1) is 17.8. The molecule has 0 saturated carbocycles. The van der Waals surface area contributed by atoms with Crippen LogP contribution in [0.15, 0.2) is 48.5 Å². The summed E-state index contributed by atoms with van der Waals surface area (Å²) >= 11 is 0. The van der Waals surface area contributed by atoms with Crippen molar-refractivity contribution in [1.29, 1.82) is 0 Å². The standard InChI is InChI=1S/C20H21NO5/c1-14(19(22)21(2)13-15-6-4-3-5-7-15)26-20(23)16-8-9-17-18(12-16)25-11-10-24-17/h3-9,12,14H,10-11,13H2,1-2H3/t14-/m0/s1. The van der Waals surface area contributed by atoms with E-state index < -0.39 is 12.1 Å². The fourth-order valence-electron chi connectivity index (χ4n) is 2.69. The summed E-state index contributed by atoms with van der Waals surface area (Å²) in [5, 5.41) is 0. The van der Waals surface area contributed by atoms with Gasteiger partial charge in [0.25, 0.3) is 5.91 Å². The summed E-state index contributed by atoms with van der Waals surface area (Å²) in [6.45, 7) is 2.94. The Kier molecular flexibility index (Phi) is 5.41. The fourth-order valence-corrected chi connectivity index (χ4v) is 2.69. The van der Waals surface area contributed by atoms with Gasteiger partial charge in [0, 0.05) is 13.6 Å². The highest BCUT2D eigenvalue weighted by molar-refractivity contribution is 5.92. The Bertz CT molecular complexity index is 790. The number of hydrogen-bond donors (Lipinski definition) is 0. The minimum atomic E-state index is -0.885. The van der Waals surface area contributed by atoms with Crippen molar-refractivity contribution >= 4 is 11.9 Å². The molecule has 2 aromatic carbocycles. The van der Waals surface area contributed by atoms with Gasteiger partial charge in [-0.15, -0.1) is 0 Å². The first-order chi connectivity index (χ1) is 12.5. The van der Waals surface area contributed by atoms with E-state index in [-0.39, 0.29) is 5.91 Å². The number of amides is 1. The Balaban J connectivity index is 1.60. The topological polar surface area (TPSA) is 65.1 Å². The van der Waals surface area contributed by atoms with Gasteiger partial charge in [-0.05, 0) is 30.7 Å². The molecule has 0 radical (unpaired) electrons. The number of carbonyl (C=O) groups is 2. The van der Waals surface area contributed by atoms with Gasteiger partial charge in [0.05, 0.1) is 5.56 Å². The maximum Gasteiger partial charge on any atom is 0.339 e. The predicted octanol–water partition coefficient (Wildman–Crippen LogP) is 2.66. The molecule has 1 aliphatic rings. The van der Waals surface area contributed by atoms with Crippen molar-refractivity contribution in [1.82, 2.24) is 4.90 Å². The van der Waals surface area contributed by atoms with Crippen molar-refractivity contribution < 1.29 is 23.8 Å². The van der Waals surface area contributed by atoms with Crippen LogP contribution in [-0.2, 0) is 16.1 Å². The van der Waals surface area contributed by atoms with E-state index in [1.54, 1.807) is 32.2 Å². The summed E-state index contributed by atoms with van der Waals surface area (Å²) in [7, 11) is 1.68. The number of fused-ring (bicyclic) bond motifs is 1. The second kappa shape index (κ2) is 7.91. The van der Waals surface area contributed by atoms with Crippen LogP contribution in [0.5, 0.6) is 11.5 Å². The summed E-state index contributed by atoms with van der Waals surface area (Å²) in [6, 6.07) is 14.5. The molecule has 0 N–H and O–H groups in total. The smallest absolute Gasteiger partial charge is 0.339 e. The zero-order chi connectivity index (χ0) is 18.5. The number of ether oxygens (including phenoxy) is 3. The number of benzene rings is 2. The molecule has 136 valence electrons. The molecule has 6 heteroatoms. The fraction of sp³-hybridized carbons (Fsp3) is 0.300. The third-order valence-corrected chi connectivity index (χ3v) is 4.05. The SMILES string of the molecule is C[C@H](OC(=O)c1ccc2c(c1)OCCO2)C(=O)N(C)Cc1ccccc1. The molecule has 1 atom stereocenters. The number of rotatable bonds is 5. The van der Waals surface area contributed by atoms with Crippen LogP contribution in [0.3, 0.4) is 0 Å². The van der Waals surface area contributed by atoms with Crippen LogP contribution in [0.4, 0.5) is 0 Å². The number of nitrogens with zero attached hydrogens (tertiary/aromatic N) is 1. The molecule has 0 unspecified atom stereocenters. The maximum atomic E-state index is 12.5. The zero-order valence-corrected chi connectivity index (χ0v) is 14.8. The molecule has 1 amide bonds. The molecule has 0 saturated heterocycles. The van der Waals surface area contributed by atoms with Gasteiger partial charge < -0.3 is 19.1 Å². The highest BCUT2D eigenvalue weighted by Crippen LogP contribution is 2.31. The molecule has 1 heterocycles. The van der Waals surface area contributed by atoms with Crippen molar-refractivity contribution in [2.75, 3.05) is 20.3 Å². The van der Waals surface area contributed by atoms with Gasteiger partial charge >= 0.3 is 5.97 Å². The third-order valence-electron chi connectivity index (χ3n) is 4.05. The lowest BCUT2D eigenvalue weighted by Gasteiger charge is -2.22.